The van der Waals surface area contributed by atoms with Crippen molar-refractivity contribution in [3.63, 3.8) is 0 Å². The summed E-state index contributed by atoms with van der Waals surface area (Å²) in [5.74, 6) is 3.28. The number of benzene rings is 3. The van der Waals surface area contributed by atoms with Crippen LogP contribution in [0.3, 0.4) is 0 Å². The van der Waals surface area contributed by atoms with Gasteiger partial charge < -0.3 is 5.32 Å². The number of fused-ring (bicyclic) bond motifs is 1. The Morgan fingerprint density at radius 3 is 2.16 bits per heavy atom. The van der Waals surface area contributed by atoms with E-state index < -0.39 is 10.0 Å². The van der Waals surface area contributed by atoms with Crippen LogP contribution in [0.2, 0.25) is 0 Å². The van der Waals surface area contributed by atoms with Gasteiger partial charge in [0.2, 0.25) is 10.0 Å². The fraction of sp³-hybridized carbons (Fsp3) is 0.333. The molecule has 0 amide bonds. The molecule has 3 aromatic carbocycles. The molecule has 0 saturated heterocycles. The summed E-state index contributed by atoms with van der Waals surface area (Å²) in [6, 6.07) is 24.8. The van der Waals surface area contributed by atoms with Gasteiger partial charge in [0, 0.05) is 22.2 Å². The molecule has 4 aromatic rings. The molecular formula is C30H30N4O2S. The number of nitrogens with zero attached hydrogens (tertiary/aromatic N) is 2. The fourth-order valence-electron chi connectivity index (χ4n) is 7.35. The fourth-order valence-corrected chi connectivity index (χ4v) is 8.82. The molecule has 0 aliphatic heterocycles. The molecule has 0 atom stereocenters. The molecular weight excluding hydrogens is 480 g/mol. The van der Waals surface area contributed by atoms with Crippen LogP contribution in [0.1, 0.15) is 38.5 Å². The maximum absolute atomic E-state index is 13.6. The SMILES string of the molecule is O=S(=O)(NC12CC3CC(CC(C3)C1)C2)c1cccc(Nc2nc(-c3ccccc3)nc3ccccc23)c1. The Bertz CT molecular complexity index is 1550. The first-order chi connectivity index (χ1) is 17.9. The van der Waals surface area contributed by atoms with E-state index in [1.807, 2.05) is 60.7 Å². The van der Waals surface area contributed by atoms with Crippen LogP contribution in [-0.4, -0.2) is 23.9 Å². The summed E-state index contributed by atoms with van der Waals surface area (Å²) in [6.45, 7) is 0. The van der Waals surface area contributed by atoms with Crippen LogP contribution in [0.5, 0.6) is 0 Å². The quantitative estimate of drug-likeness (QED) is 0.319. The maximum atomic E-state index is 13.6. The van der Waals surface area contributed by atoms with Gasteiger partial charge in [0.1, 0.15) is 5.82 Å². The lowest BCUT2D eigenvalue weighted by molar-refractivity contribution is -0.00810. The van der Waals surface area contributed by atoms with Gasteiger partial charge in [0.05, 0.1) is 10.4 Å². The largest absolute Gasteiger partial charge is 0.340 e. The van der Waals surface area contributed by atoms with Gasteiger partial charge in [-0.1, -0.05) is 48.5 Å². The van der Waals surface area contributed by atoms with Crippen molar-refractivity contribution >= 4 is 32.4 Å². The van der Waals surface area contributed by atoms with E-state index in [1.165, 1.54) is 19.3 Å². The molecule has 0 spiro atoms. The first-order valence-electron chi connectivity index (χ1n) is 13.2. The monoisotopic (exact) mass is 510 g/mol. The summed E-state index contributed by atoms with van der Waals surface area (Å²) in [5.41, 5.74) is 2.15. The number of hydrogen-bond acceptors (Lipinski definition) is 5. The van der Waals surface area contributed by atoms with Gasteiger partial charge in [-0.15, -0.1) is 0 Å². The zero-order chi connectivity index (χ0) is 25.0. The van der Waals surface area contributed by atoms with E-state index in [1.54, 1.807) is 18.2 Å². The Kier molecular flexibility index (Phi) is 5.34. The molecule has 1 heterocycles. The standard InChI is InChI=1S/C30H30N4O2S/c35-37(36,34-30-17-20-13-21(18-30)15-22(14-20)19-30)25-10-6-9-24(16-25)31-29-26-11-4-5-12-27(26)32-28(33-29)23-7-2-1-3-8-23/h1-12,16,20-22,34H,13-15,17-19H2,(H,31,32,33). The first kappa shape index (κ1) is 22.9. The van der Waals surface area contributed by atoms with Crippen LogP contribution < -0.4 is 10.0 Å². The second-order valence-electron chi connectivity index (χ2n) is 11.2. The highest BCUT2D eigenvalue weighted by Gasteiger charge is 2.52. The summed E-state index contributed by atoms with van der Waals surface area (Å²) in [4.78, 5) is 9.86. The molecule has 2 N–H and O–H groups in total. The van der Waals surface area contributed by atoms with Crippen molar-refractivity contribution in [3.05, 3.63) is 78.9 Å². The molecule has 8 rings (SSSR count). The average molecular weight is 511 g/mol. The molecule has 0 unspecified atom stereocenters. The van der Waals surface area contributed by atoms with Crippen LogP contribution in [0.4, 0.5) is 11.5 Å². The second kappa shape index (κ2) is 8.64. The first-order valence-corrected chi connectivity index (χ1v) is 14.7. The van der Waals surface area contributed by atoms with Crippen molar-refractivity contribution in [2.45, 2.75) is 49.0 Å². The minimum Gasteiger partial charge on any atom is -0.340 e. The third kappa shape index (κ3) is 4.30. The third-order valence-corrected chi connectivity index (χ3v) is 10.0. The number of para-hydroxylation sites is 1. The molecule has 37 heavy (non-hydrogen) atoms. The lowest BCUT2D eigenvalue weighted by atomic mass is 9.53. The van der Waals surface area contributed by atoms with Gasteiger partial charge in [-0.05, 0) is 86.6 Å². The van der Waals surface area contributed by atoms with Crippen molar-refractivity contribution < 1.29 is 8.42 Å². The zero-order valence-electron chi connectivity index (χ0n) is 20.6. The Balaban J connectivity index is 1.20. The predicted octanol–water partition coefficient (Wildman–Crippen LogP) is 6.29. The van der Waals surface area contributed by atoms with Gasteiger partial charge in [0.25, 0.3) is 0 Å². The molecule has 4 fully saturated rings. The number of anilines is 2. The number of rotatable bonds is 6. The summed E-state index contributed by atoms with van der Waals surface area (Å²) in [7, 11) is -3.65. The highest BCUT2D eigenvalue weighted by Crippen LogP contribution is 2.56. The summed E-state index contributed by atoms with van der Waals surface area (Å²) in [6.07, 6.45) is 6.76. The second-order valence-corrected chi connectivity index (χ2v) is 12.9. The van der Waals surface area contributed by atoms with Crippen LogP contribution in [-0.2, 0) is 10.0 Å². The van der Waals surface area contributed by atoms with Crippen LogP contribution in [0.15, 0.2) is 83.8 Å². The van der Waals surface area contributed by atoms with E-state index in [2.05, 4.69) is 10.0 Å². The molecule has 7 heteroatoms. The van der Waals surface area contributed by atoms with Gasteiger partial charge in [-0.3, -0.25) is 0 Å². The molecule has 0 radical (unpaired) electrons. The van der Waals surface area contributed by atoms with Crippen LogP contribution in [0.25, 0.3) is 22.3 Å². The predicted molar refractivity (Wildman–Crippen MR) is 146 cm³/mol. The van der Waals surface area contributed by atoms with Crippen molar-refractivity contribution in [1.82, 2.24) is 14.7 Å². The zero-order valence-corrected chi connectivity index (χ0v) is 21.4. The number of hydrogen-bond donors (Lipinski definition) is 2. The van der Waals surface area contributed by atoms with Gasteiger partial charge in [-0.2, -0.15) is 0 Å². The summed E-state index contributed by atoms with van der Waals surface area (Å²) < 4.78 is 30.4. The van der Waals surface area contributed by atoms with Crippen molar-refractivity contribution in [2.24, 2.45) is 17.8 Å². The summed E-state index contributed by atoms with van der Waals surface area (Å²) in [5, 5.41) is 4.26. The lowest BCUT2D eigenvalue weighted by Gasteiger charge is -2.56. The van der Waals surface area contributed by atoms with E-state index in [0.29, 0.717) is 35.1 Å². The molecule has 4 aliphatic carbocycles. The van der Waals surface area contributed by atoms with E-state index >= 15 is 0 Å². The Labute approximate surface area is 217 Å². The number of sulfonamides is 1. The maximum Gasteiger partial charge on any atom is 0.241 e. The van der Waals surface area contributed by atoms with E-state index in [9.17, 15) is 8.42 Å². The highest BCUT2D eigenvalue weighted by atomic mass is 32.2. The van der Waals surface area contributed by atoms with E-state index in [-0.39, 0.29) is 10.4 Å². The molecule has 4 aliphatic rings. The van der Waals surface area contributed by atoms with Crippen LogP contribution in [0, 0.1) is 17.8 Å². The van der Waals surface area contributed by atoms with Gasteiger partial charge in [0.15, 0.2) is 5.82 Å². The molecule has 188 valence electrons. The number of nitrogens with one attached hydrogen (secondary N) is 2. The molecule has 4 bridgehead atoms. The van der Waals surface area contributed by atoms with Crippen LogP contribution >= 0.6 is 0 Å². The highest BCUT2D eigenvalue weighted by molar-refractivity contribution is 7.89. The molecule has 6 nitrogen and oxygen atoms in total. The average Bonchev–Trinajstić information content (AvgIpc) is 2.88. The topological polar surface area (TPSA) is 84.0 Å². The lowest BCUT2D eigenvalue weighted by Crippen LogP contribution is -2.59. The molecule has 4 saturated carbocycles. The third-order valence-electron chi connectivity index (χ3n) is 8.43. The molecule has 1 aromatic heterocycles. The Hall–Kier alpha value is -3.29. The van der Waals surface area contributed by atoms with E-state index in [0.717, 1.165) is 35.7 Å². The van der Waals surface area contributed by atoms with Crippen molar-refractivity contribution in [3.8, 4) is 11.4 Å². The normalized spacial score (nSPS) is 26.4. The Morgan fingerprint density at radius 2 is 1.43 bits per heavy atom. The van der Waals surface area contributed by atoms with Gasteiger partial charge in [-0.25, -0.2) is 23.1 Å². The smallest absolute Gasteiger partial charge is 0.241 e. The van der Waals surface area contributed by atoms with Gasteiger partial charge >= 0.3 is 0 Å². The van der Waals surface area contributed by atoms with Crippen molar-refractivity contribution in [1.29, 1.82) is 0 Å². The summed E-state index contributed by atoms with van der Waals surface area (Å²) >= 11 is 0. The van der Waals surface area contributed by atoms with E-state index in [4.69, 9.17) is 9.97 Å². The Morgan fingerprint density at radius 1 is 0.757 bits per heavy atom. The number of aromatic nitrogens is 2. The minimum absolute atomic E-state index is 0.273. The minimum atomic E-state index is -3.65. The van der Waals surface area contributed by atoms with Crippen molar-refractivity contribution in [2.75, 3.05) is 5.32 Å².